The van der Waals surface area contributed by atoms with Crippen molar-refractivity contribution in [3.8, 4) is 11.1 Å². The molecule has 304 valence electrons. The molecule has 11 rings (SSSR count). The van der Waals surface area contributed by atoms with Crippen molar-refractivity contribution in [1.82, 2.24) is 0 Å². The van der Waals surface area contributed by atoms with Gasteiger partial charge < -0.3 is 14.2 Å². The second-order valence-electron chi connectivity index (χ2n) is 20.7. The van der Waals surface area contributed by atoms with Crippen LogP contribution in [0.15, 0.2) is 162 Å². The molecule has 0 amide bonds. The van der Waals surface area contributed by atoms with Gasteiger partial charge in [0.05, 0.1) is 0 Å². The third kappa shape index (κ3) is 6.02. The third-order valence-electron chi connectivity index (χ3n) is 13.5. The highest BCUT2D eigenvalue weighted by molar-refractivity contribution is 7.00. The number of rotatable bonds is 3. The van der Waals surface area contributed by atoms with Crippen LogP contribution in [0, 0.1) is 0 Å². The lowest BCUT2D eigenvalue weighted by molar-refractivity contribution is 0.589. The maximum absolute atomic E-state index is 6.51. The van der Waals surface area contributed by atoms with Crippen molar-refractivity contribution < 1.29 is 4.42 Å². The Kier molecular flexibility index (Phi) is 8.36. The molecule has 2 aliphatic rings. The first-order chi connectivity index (χ1) is 29.6. The van der Waals surface area contributed by atoms with E-state index in [0.717, 1.165) is 38.8 Å². The van der Waals surface area contributed by atoms with Crippen LogP contribution in [-0.2, 0) is 16.2 Å². The Morgan fingerprint density at radius 1 is 0.419 bits per heavy atom. The highest BCUT2D eigenvalue weighted by Crippen LogP contribution is 2.48. The number of benzene rings is 8. The molecule has 4 heteroatoms. The standard InChI is InChI=1S/C58H53BN2O/c1-56(2,3)39-25-30-49-48(32-39)59-47-29-24-40(57(4,5)6)33-50(47)61(43-28-21-36-15-10-11-16-38(36)31-43)52-35-41(58(7,8)9)34-51(54(52)59)60(49)42-26-22-37(23-27-42)44-18-14-19-46-45-17-12-13-20-53(45)62-55(44)46/h10-35H,1-9H3. The molecule has 0 unspecified atom stereocenters. The van der Waals surface area contributed by atoms with E-state index in [0.29, 0.717) is 0 Å². The zero-order valence-electron chi connectivity index (χ0n) is 37.4. The van der Waals surface area contributed by atoms with Crippen LogP contribution in [0.4, 0.5) is 34.1 Å². The van der Waals surface area contributed by atoms with Crippen LogP contribution >= 0.6 is 0 Å². The van der Waals surface area contributed by atoms with Gasteiger partial charge in [-0.2, -0.15) is 0 Å². The van der Waals surface area contributed by atoms with Crippen LogP contribution < -0.4 is 26.2 Å². The van der Waals surface area contributed by atoms with E-state index in [-0.39, 0.29) is 23.0 Å². The molecule has 3 heterocycles. The van der Waals surface area contributed by atoms with E-state index in [9.17, 15) is 0 Å². The minimum Gasteiger partial charge on any atom is -0.455 e. The van der Waals surface area contributed by atoms with Gasteiger partial charge in [0.15, 0.2) is 0 Å². The summed E-state index contributed by atoms with van der Waals surface area (Å²) in [5.41, 5.74) is 19.2. The summed E-state index contributed by atoms with van der Waals surface area (Å²) in [5.74, 6) is 0. The predicted octanol–water partition coefficient (Wildman–Crippen LogP) is 14.4. The molecule has 9 aromatic rings. The lowest BCUT2D eigenvalue weighted by Crippen LogP contribution is -2.61. The molecule has 0 fully saturated rings. The molecule has 0 spiro atoms. The normalized spacial score (nSPS) is 13.8. The van der Waals surface area contributed by atoms with E-state index in [2.05, 4.69) is 224 Å². The van der Waals surface area contributed by atoms with Gasteiger partial charge in [-0.25, -0.2) is 0 Å². The van der Waals surface area contributed by atoms with Gasteiger partial charge in [-0.1, -0.05) is 165 Å². The number of anilines is 6. The Morgan fingerprint density at radius 3 is 1.74 bits per heavy atom. The molecule has 0 radical (unpaired) electrons. The monoisotopic (exact) mass is 804 g/mol. The van der Waals surface area contributed by atoms with Gasteiger partial charge in [-0.3, -0.25) is 0 Å². The molecule has 2 aliphatic heterocycles. The highest BCUT2D eigenvalue weighted by atomic mass is 16.3. The number of furan rings is 1. The number of nitrogens with zero attached hydrogens (tertiary/aromatic N) is 2. The topological polar surface area (TPSA) is 19.6 Å². The fraction of sp³-hybridized carbons (Fsp3) is 0.207. The predicted molar refractivity (Wildman–Crippen MR) is 267 cm³/mol. The maximum Gasteiger partial charge on any atom is 0.252 e. The number of hydrogen-bond donors (Lipinski definition) is 0. The van der Waals surface area contributed by atoms with Crippen molar-refractivity contribution in [2.24, 2.45) is 0 Å². The number of para-hydroxylation sites is 2. The van der Waals surface area contributed by atoms with Gasteiger partial charge in [-0.15, -0.1) is 0 Å². The Bertz CT molecular complexity index is 3260. The van der Waals surface area contributed by atoms with Crippen molar-refractivity contribution in [2.75, 3.05) is 9.80 Å². The van der Waals surface area contributed by atoms with Gasteiger partial charge in [0.1, 0.15) is 11.2 Å². The van der Waals surface area contributed by atoms with Crippen LogP contribution in [-0.4, -0.2) is 6.71 Å². The first-order valence-corrected chi connectivity index (χ1v) is 22.2. The minimum absolute atomic E-state index is 0.0223. The molecule has 0 atom stereocenters. The van der Waals surface area contributed by atoms with Crippen LogP contribution in [0.3, 0.4) is 0 Å². The van der Waals surface area contributed by atoms with E-state index in [4.69, 9.17) is 4.42 Å². The van der Waals surface area contributed by atoms with Gasteiger partial charge in [0.2, 0.25) is 0 Å². The van der Waals surface area contributed by atoms with Crippen LogP contribution in [0.2, 0.25) is 0 Å². The fourth-order valence-corrected chi connectivity index (χ4v) is 10.0. The first kappa shape index (κ1) is 38.4. The molecule has 1 aromatic heterocycles. The molecule has 0 aliphatic carbocycles. The molecule has 0 N–H and O–H groups in total. The Morgan fingerprint density at radius 2 is 1.02 bits per heavy atom. The molecule has 8 aromatic carbocycles. The van der Waals surface area contributed by atoms with E-state index >= 15 is 0 Å². The Balaban J connectivity index is 1.18. The maximum atomic E-state index is 6.51. The van der Waals surface area contributed by atoms with E-state index < -0.39 is 0 Å². The summed E-state index contributed by atoms with van der Waals surface area (Å²) in [5, 5.41) is 4.77. The zero-order valence-corrected chi connectivity index (χ0v) is 37.4. The van der Waals surface area contributed by atoms with E-state index in [1.807, 2.05) is 6.07 Å². The van der Waals surface area contributed by atoms with Gasteiger partial charge >= 0.3 is 0 Å². The van der Waals surface area contributed by atoms with Gasteiger partial charge in [0.25, 0.3) is 6.71 Å². The summed E-state index contributed by atoms with van der Waals surface area (Å²) < 4.78 is 6.51. The van der Waals surface area contributed by atoms with Gasteiger partial charge in [-0.05, 0) is 120 Å². The SMILES string of the molecule is CC(C)(C)c1ccc2c(c1)B1c3ccc(C(C)(C)C)cc3N(c3ccc4ccccc4c3)c3cc(C(C)(C)C)cc(c31)N2c1ccc(-c2cccc3c2oc2ccccc23)cc1. The van der Waals surface area contributed by atoms with Crippen molar-refractivity contribution in [2.45, 2.75) is 78.6 Å². The third-order valence-corrected chi connectivity index (χ3v) is 13.5. The van der Waals surface area contributed by atoms with Gasteiger partial charge in [0, 0.05) is 50.5 Å². The molecule has 0 bridgehead atoms. The summed E-state index contributed by atoms with van der Waals surface area (Å²) in [4.78, 5) is 5.13. The van der Waals surface area contributed by atoms with Crippen molar-refractivity contribution in [3.05, 3.63) is 174 Å². The lowest BCUT2D eigenvalue weighted by Gasteiger charge is -2.45. The summed E-state index contributed by atoms with van der Waals surface area (Å²) in [6, 6.07) is 59.3. The molecular weight excluding hydrogens is 751 g/mol. The quantitative estimate of drug-likeness (QED) is 0.166. The highest BCUT2D eigenvalue weighted by Gasteiger charge is 2.45. The van der Waals surface area contributed by atoms with Crippen molar-refractivity contribution in [1.29, 1.82) is 0 Å². The minimum atomic E-state index is -0.110. The summed E-state index contributed by atoms with van der Waals surface area (Å²) >= 11 is 0. The molecular formula is C58H53BN2O. The Hall–Kier alpha value is -6.52. The second kappa shape index (κ2) is 13.5. The first-order valence-electron chi connectivity index (χ1n) is 22.2. The average Bonchev–Trinajstić information content (AvgIpc) is 3.64. The largest absolute Gasteiger partial charge is 0.455 e. The van der Waals surface area contributed by atoms with Crippen LogP contribution in [0.1, 0.15) is 79.0 Å². The summed E-state index contributed by atoms with van der Waals surface area (Å²) in [7, 11) is 0. The zero-order chi connectivity index (χ0) is 42.9. The smallest absolute Gasteiger partial charge is 0.252 e. The Labute approximate surface area is 366 Å². The van der Waals surface area contributed by atoms with Crippen molar-refractivity contribution >= 4 is 89.9 Å². The van der Waals surface area contributed by atoms with Crippen LogP contribution in [0.5, 0.6) is 0 Å². The van der Waals surface area contributed by atoms with Crippen molar-refractivity contribution in [3.63, 3.8) is 0 Å². The fourth-order valence-electron chi connectivity index (χ4n) is 10.0. The molecule has 0 saturated heterocycles. The second-order valence-corrected chi connectivity index (χ2v) is 20.7. The van der Waals surface area contributed by atoms with Crippen LogP contribution in [0.25, 0.3) is 43.8 Å². The molecule has 0 saturated carbocycles. The summed E-state index contributed by atoms with van der Waals surface area (Å²) in [6.45, 7) is 21.0. The number of hydrogen-bond acceptors (Lipinski definition) is 3. The average molecular weight is 805 g/mol. The van der Waals surface area contributed by atoms with E-state index in [1.54, 1.807) is 0 Å². The molecule has 3 nitrogen and oxygen atoms in total. The molecule has 62 heavy (non-hydrogen) atoms. The number of fused-ring (bicyclic) bond motifs is 8. The summed E-state index contributed by atoms with van der Waals surface area (Å²) in [6.07, 6.45) is 0. The lowest BCUT2D eigenvalue weighted by atomic mass is 9.33. The van der Waals surface area contributed by atoms with E-state index in [1.165, 1.54) is 72.3 Å².